The lowest BCUT2D eigenvalue weighted by Gasteiger charge is -2.69. The van der Waals surface area contributed by atoms with Crippen LogP contribution in [0.1, 0.15) is 99.3 Å². The van der Waals surface area contributed by atoms with Crippen LogP contribution in [-0.4, -0.2) is 25.3 Å². The van der Waals surface area contributed by atoms with Gasteiger partial charge in [-0.3, -0.25) is 9.59 Å². The number of allylic oxidation sites excluding steroid dienone is 4. The Balaban J connectivity index is 1.63. The van der Waals surface area contributed by atoms with E-state index in [2.05, 4.69) is 40.7 Å². The summed E-state index contributed by atoms with van der Waals surface area (Å²) in [4.78, 5) is 27.4. The molecule has 0 aromatic carbocycles. The molecule has 0 aromatic heterocycles. The summed E-state index contributed by atoms with van der Waals surface area (Å²) in [5.41, 5.74) is 1.32. The number of carbonyl (C=O) groups is 2. The summed E-state index contributed by atoms with van der Waals surface area (Å²) in [6.07, 6.45) is 14.0. The van der Waals surface area contributed by atoms with Crippen molar-refractivity contribution < 1.29 is 14.3 Å². The molecule has 0 saturated heterocycles. The molecule has 8 unspecified atom stereocenters. The summed E-state index contributed by atoms with van der Waals surface area (Å²) in [6.45, 7) is 14.6. The number of methoxy groups -OCH3 is 1. The van der Waals surface area contributed by atoms with Gasteiger partial charge < -0.3 is 4.74 Å². The fraction of sp³-hybridized carbons (Fsp3) is 0.788. The van der Waals surface area contributed by atoms with Gasteiger partial charge in [-0.2, -0.15) is 5.26 Å². The van der Waals surface area contributed by atoms with Crippen molar-refractivity contribution in [3.05, 3.63) is 23.3 Å². The van der Waals surface area contributed by atoms with Gasteiger partial charge >= 0.3 is 0 Å². The van der Waals surface area contributed by atoms with Crippen LogP contribution in [0, 0.1) is 62.1 Å². The summed E-state index contributed by atoms with van der Waals surface area (Å²) < 4.78 is 5.45. The lowest BCUT2D eigenvalue weighted by atomic mass is 9.34. The van der Waals surface area contributed by atoms with Gasteiger partial charge in [-0.15, -0.1) is 0 Å². The number of carbonyl (C=O) groups excluding carboxylic acids is 2. The highest BCUT2D eigenvalue weighted by molar-refractivity contribution is 6.02. The predicted octanol–water partition coefficient (Wildman–Crippen LogP) is 7.24. The number of ketones is 2. The van der Waals surface area contributed by atoms with E-state index in [1.54, 1.807) is 7.11 Å². The van der Waals surface area contributed by atoms with E-state index < -0.39 is 5.41 Å². The van der Waals surface area contributed by atoms with Crippen LogP contribution < -0.4 is 0 Å². The maximum absolute atomic E-state index is 14.4. The second kappa shape index (κ2) is 8.64. The minimum atomic E-state index is -0.423. The zero-order valence-electron chi connectivity index (χ0n) is 24.2. The van der Waals surface area contributed by atoms with Gasteiger partial charge in [0.05, 0.1) is 5.57 Å². The average molecular weight is 506 g/mol. The summed E-state index contributed by atoms with van der Waals surface area (Å²) in [7, 11) is 1.79. The Bertz CT molecular complexity index is 1110. The van der Waals surface area contributed by atoms with Crippen molar-refractivity contribution >= 4 is 11.6 Å². The minimum absolute atomic E-state index is 0.0247. The van der Waals surface area contributed by atoms with E-state index in [-0.39, 0.29) is 50.8 Å². The lowest BCUT2D eigenvalue weighted by Crippen LogP contribution is -2.64. The van der Waals surface area contributed by atoms with Gasteiger partial charge in [0.2, 0.25) is 0 Å². The molecule has 5 aliphatic rings. The Morgan fingerprint density at radius 2 is 1.73 bits per heavy atom. The van der Waals surface area contributed by atoms with Crippen molar-refractivity contribution in [3.8, 4) is 6.07 Å². The van der Waals surface area contributed by atoms with Crippen molar-refractivity contribution in [2.45, 2.75) is 99.3 Å². The molecule has 37 heavy (non-hydrogen) atoms. The summed E-state index contributed by atoms with van der Waals surface area (Å²) in [6, 6.07) is 2.19. The molecule has 4 nitrogen and oxygen atoms in total. The zero-order chi connectivity index (χ0) is 27.0. The average Bonchev–Trinajstić information content (AvgIpc) is 2.83. The molecule has 0 radical (unpaired) electrons. The quantitative estimate of drug-likeness (QED) is 0.378. The van der Waals surface area contributed by atoms with E-state index in [0.717, 1.165) is 45.1 Å². The maximum atomic E-state index is 14.4. The molecule has 0 spiro atoms. The normalized spacial score (nSPS) is 46.4. The first-order valence-electron chi connectivity index (χ1n) is 14.7. The Hall–Kier alpha value is -1.73. The molecule has 0 amide bonds. The summed E-state index contributed by atoms with van der Waals surface area (Å²) >= 11 is 0. The Labute approximate surface area is 224 Å². The first kappa shape index (κ1) is 26.9. The Morgan fingerprint density at radius 3 is 2.41 bits per heavy atom. The zero-order valence-corrected chi connectivity index (χ0v) is 24.2. The smallest absolute Gasteiger partial charge is 0.176 e. The number of Topliss-reactive ketones (excluding diaryl/α,β-unsaturated/α-hetero) is 1. The third-order valence-corrected chi connectivity index (χ3v) is 12.7. The van der Waals surface area contributed by atoms with E-state index in [1.165, 1.54) is 24.8 Å². The van der Waals surface area contributed by atoms with Gasteiger partial charge in [-0.1, -0.05) is 53.2 Å². The molecule has 5 rings (SSSR count). The molecule has 0 aliphatic heterocycles. The second-order valence-electron chi connectivity index (χ2n) is 14.9. The second-order valence-corrected chi connectivity index (χ2v) is 14.9. The van der Waals surface area contributed by atoms with Gasteiger partial charge in [-0.25, -0.2) is 0 Å². The third kappa shape index (κ3) is 3.62. The Morgan fingerprint density at radius 1 is 1.03 bits per heavy atom. The van der Waals surface area contributed by atoms with Gasteiger partial charge in [0.1, 0.15) is 6.07 Å². The van der Waals surface area contributed by atoms with E-state index >= 15 is 0 Å². The van der Waals surface area contributed by atoms with Crippen LogP contribution in [0.4, 0.5) is 0 Å². The molecule has 0 N–H and O–H groups in total. The highest BCUT2D eigenvalue weighted by Crippen LogP contribution is 2.74. The van der Waals surface area contributed by atoms with Crippen molar-refractivity contribution in [1.82, 2.24) is 0 Å². The molecule has 0 bridgehead atoms. The lowest BCUT2D eigenvalue weighted by molar-refractivity contribution is -0.171. The standard InChI is InChI=1S/C33H47NO3/c1-21-23-9-11-31(5)26(30(23,4)18-22(20-34)28(21)36)17-25(35)27-24-19-29(2,3)12-14-33(24,10-8-16-37-7)15-13-32(27,31)6/h17-18,21,23-24,27H,8-16,19H2,1-7H3. The number of hydrogen-bond donors (Lipinski definition) is 0. The van der Waals surface area contributed by atoms with Crippen LogP contribution in [0.15, 0.2) is 23.3 Å². The fourth-order valence-corrected chi connectivity index (χ4v) is 10.4. The van der Waals surface area contributed by atoms with Gasteiger partial charge in [-0.05, 0) is 97.4 Å². The Kier molecular flexibility index (Phi) is 6.27. The highest BCUT2D eigenvalue weighted by atomic mass is 16.5. The van der Waals surface area contributed by atoms with Crippen LogP contribution in [0.25, 0.3) is 0 Å². The van der Waals surface area contributed by atoms with Gasteiger partial charge in [0.15, 0.2) is 11.6 Å². The topological polar surface area (TPSA) is 67.2 Å². The number of rotatable bonds is 4. The van der Waals surface area contributed by atoms with Crippen LogP contribution in [-0.2, 0) is 14.3 Å². The van der Waals surface area contributed by atoms with Crippen molar-refractivity contribution in [3.63, 3.8) is 0 Å². The van der Waals surface area contributed by atoms with Crippen molar-refractivity contribution in [2.24, 2.45) is 50.7 Å². The minimum Gasteiger partial charge on any atom is -0.385 e. The molecular formula is C33H47NO3. The van der Waals surface area contributed by atoms with Crippen molar-refractivity contribution in [1.29, 1.82) is 5.26 Å². The van der Waals surface area contributed by atoms with E-state index in [4.69, 9.17) is 4.74 Å². The molecule has 4 heteroatoms. The SMILES string of the molecule is COCCCC12CCC(C)(C)CC1C1C(=O)C=C3C4(C)C=C(C#N)C(=O)C(C)C4CCC3(C)C1(C)CC2. The first-order chi connectivity index (χ1) is 17.3. The largest absolute Gasteiger partial charge is 0.385 e. The molecular weight excluding hydrogens is 458 g/mol. The number of ether oxygens (including phenoxy) is 1. The van der Waals surface area contributed by atoms with Crippen LogP contribution in [0.3, 0.4) is 0 Å². The molecule has 0 heterocycles. The van der Waals surface area contributed by atoms with Crippen molar-refractivity contribution in [2.75, 3.05) is 13.7 Å². The number of fused-ring (bicyclic) bond motifs is 7. The molecule has 0 aromatic rings. The molecule has 5 aliphatic carbocycles. The fourth-order valence-electron chi connectivity index (χ4n) is 10.4. The summed E-state index contributed by atoms with van der Waals surface area (Å²) in [5.74, 6) is 0.690. The number of nitrogens with zero attached hydrogens (tertiary/aromatic N) is 1. The van der Waals surface area contributed by atoms with Gasteiger partial charge in [0.25, 0.3) is 0 Å². The van der Waals surface area contributed by atoms with Crippen LogP contribution >= 0.6 is 0 Å². The number of hydrogen-bond acceptors (Lipinski definition) is 4. The summed E-state index contributed by atoms with van der Waals surface area (Å²) in [5, 5.41) is 9.80. The molecule has 3 fully saturated rings. The molecule has 8 atom stereocenters. The monoisotopic (exact) mass is 505 g/mol. The van der Waals surface area contributed by atoms with E-state index in [0.29, 0.717) is 11.7 Å². The van der Waals surface area contributed by atoms with Crippen LogP contribution in [0.2, 0.25) is 0 Å². The number of nitriles is 1. The van der Waals surface area contributed by atoms with E-state index in [1.807, 2.05) is 19.1 Å². The van der Waals surface area contributed by atoms with Crippen LogP contribution in [0.5, 0.6) is 0 Å². The highest BCUT2D eigenvalue weighted by Gasteiger charge is 2.68. The third-order valence-electron chi connectivity index (χ3n) is 12.7. The van der Waals surface area contributed by atoms with Gasteiger partial charge in [0, 0.05) is 31.0 Å². The first-order valence-corrected chi connectivity index (χ1v) is 14.7. The molecule has 202 valence electrons. The van der Waals surface area contributed by atoms with E-state index in [9.17, 15) is 14.9 Å². The predicted molar refractivity (Wildman–Crippen MR) is 145 cm³/mol. The maximum Gasteiger partial charge on any atom is 0.176 e. The molecule has 3 saturated carbocycles.